The lowest BCUT2D eigenvalue weighted by Gasteiger charge is -2.31. The third-order valence-corrected chi connectivity index (χ3v) is 3.85. The van der Waals surface area contributed by atoms with Gasteiger partial charge in [0.25, 0.3) is 5.91 Å². The maximum Gasteiger partial charge on any atom is 0.341 e. The van der Waals surface area contributed by atoms with E-state index in [1.807, 2.05) is 27.7 Å². The van der Waals surface area contributed by atoms with Crippen LogP contribution in [-0.4, -0.2) is 41.8 Å². The molecule has 0 aromatic heterocycles. The average molecular weight is 319 g/mol. The fourth-order valence-corrected chi connectivity index (χ4v) is 2.88. The molecule has 1 fully saturated rings. The van der Waals surface area contributed by atoms with Crippen molar-refractivity contribution in [2.75, 3.05) is 6.61 Å². The summed E-state index contributed by atoms with van der Waals surface area (Å²) in [4.78, 5) is 27.1. The van der Waals surface area contributed by atoms with Gasteiger partial charge in [0.05, 0.1) is 17.7 Å². The second-order valence-corrected chi connectivity index (χ2v) is 6.29. The molecule has 1 amide bonds. The summed E-state index contributed by atoms with van der Waals surface area (Å²) in [7, 11) is 0. The number of hydrogen-bond acceptors (Lipinski definition) is 4. The topological polar surface area (TPSA) is 55.8 Å². The summed E-state index contributed by atoms with van der Waals surface area (Å²) in [6.07, 6.45) is 1.08. The van der Waals surface area contributed by atoms with E-state index in [9.17, 15) is 9.59 Å². The molecule has 126 valence electrons. The minimum absolute atomic E-state index is 0.0461. The highest BCUT2D eigenvalue weighted by Crippen LogP contribution is 2.20. The smallest absolute Gasteiger partial charge is 0.341 e. The van der Waals surface area contributed by atoms with E-state index in [0.29, 0.717) is 24.2 Å². The highest BCUT2D eigenvalue weighted by atomic mass is 16.7. The van der Waals surface area contributed by atoms with Gasteiger partial charge in [0.2, 0.25) is 6.29 Å². The highest BCUT2D eigenvalue weighted by Gasteiger charge is 2.28. The van der Waals surface area contributed by atoms with Crippen LogP contribution in [-0.2, 0) is 9.47 Å². The Bertz CT molecular complexity index is 554. The predicted octanol–water partition coefficient (Wildman–Crippen LogP) is 3.24. The zero-order chi connectivity index (χ0) is 17.0. The first-order valence-corrected chi connectivity index (χ1v) is 8.16. The number of esters is 1. The molecule has 5 heteroatoms. The van der Waals surface area contributed by atoms with Crippen LogP contribution in [0.4, 0.5) is 0 Å². The van der Waals surface area contributed by atoms with Gasteiger partial charge in [-0.2, -0.15) is 0 Å². The number of amides is 1. The molecule has 0 saturated carbocycles. The van der Waals surface area contributed by atoms with E-state index in [1.54, 1.807) is 29.2 Å². The standard InChI is InChI=1S/C18H25NO4/c1-12(2)19(13(3)4)17(20)14-8-5-6-9-15(14)18(21)23-16-10-7-11-22-16/h5-6,8-9,12-13,16H,7,10-11H2,1-4H3. The highest BCUT2D eigenvalue weighted by molar-refractivity contribution is 6.05. The fraction of sp³-hybridized carbons (Fsp3) is 0.556. The quantitative estimate of drug-likeness (QED) is 0.782. The molecule has 0 aliphatic carbocycles. The number of carbonyl (C=O) groups excluding carboxylic acids is 2. The lowest BCUT2D eigenvalue weighted by molar-refractivity contribution is -0.0776. The lowest BCUT2D eigenvalue weighted by atomic mass is 10.0. The van der Waals surface area contributed by atoms with Gasteiger partial charge in [-0.1, -0.05) is 12.1 Å². The van der Waals surface area contributed by atoms with Gasteiger partial charge in [0.1, 0.15) is 0 Å². The lowest BCUT2D eigenvalue weighted by Crippen LogP contribution is -2.42. The van der Waals surface area contributed by atoms with Gasteiger partial charge in [-0.3, -0.25) is 4.79 Å². The molecule has 1 atom stereocenters. The van der Waals surface area contributed by atoms with Crippen molar-refractivity contribution in [3.63, 3.8) is 0 Å². The molecular formula is C18H25NO4. The van der Waals surface area contributed by atoms with E-state index < -0.39 is 12.3 Å². The van der Waals surface area contributed by atoms with E-state index in [2.05, 4.69) is 0 Å². The molecule has 23 heavy (non-hydrogen) atoms. The second kappa shape index (κ2) is 7.59. The molecule has 1 aliphatic rings. The van der Waals surface area contributed by atoms with Crippen molar-refractivity contribution in [3.05, 3.63) is 35.4 Å². The SMILES string of the molecule is CC(C)N(C(=O)c1ccccc1C(=O)OC1CCCO1)C(C)C. The first kappa shape index (κ1) is 17.5. The van der Waals surface area contributed by atoms with Gasteiger partial charge in [-0.15, -0.1) is 0 Å². The largest absolute Gasteiger partial charge is 0.432 e. The summed E-state index contributed by atoms with van der Waals surface area (Å²) in [5.41, 5.74) is 0.664. The van der Waals surface area contributed by atoms with E-state index in [0.717, 1.165) is 6.42 Å². The number of carbonyl (C=O) groups is 2. The van der Waals surface area contributed by atoms with Gasteiger partial charge in [0.15, 0.2) is 0 Å². The van der Waals surface area contributed by atoms with Crippen molar-refractivity contribution in [1.82, 2.24) is 4.90 Å². The van der Waals surface area contributed by atoms with Crippen LogP contribution in [0.25, 0.3) is 0 Å². The van der Waals surface area contributed by atoms with Crippen molar-refractivity contribution < 1.29 is 19.1 Å². The van der Waals surface area contributed by atoms with Crippen molar-refractivity contribution >= 4 is 11.9 Å². The summed E-state index contributed by atoms with van der Waals surface area (Å²) in [5, 5.41) is 0. The molecule has 1 aliphatic heterocycles. The summed E-state index contributed by atoms with van der Waals surface area (Å²) >= 11 is 0. The van der Waals surface area contributed by atoms with Crippen LogP contribution in [0, 0.1) is 0 Å². The number of ether oxygens (including phenoxy) is 2. The predicted molar refractivity (Wildman–Crippen MR) is 87.3 cm³/mol. The van der Waals surface area contributed by atoms with Gasteiger partial charge >= 0.3 is 5.97 Å². The molecule has 0 bridgehead atoms. The third kappa shape index (κ3) is 4.10. The molecular weight excluding hydrogens is 294 g/mol. The molecule has 1 saturated heterocycles. The molecule has 5 nitrogen and oxygen atoms in total. The van der Waals surface area contributed by atoms with Crippen LogP contribution in [0.1, 0.15) is 61.3 Å². The number of nitrogens with zero attached hydrogens (tertiary/aromatic N) is 1. The molecule has 1 aromatic rings. The minimum Gasteiger partial charge on any atom is -0.432 e. The Balaban J connectivity index is 2.25. The maximum absolute atomic E-state index is 12.9. The Kier molecular flexibility index (Phi) is 5.77. The first-order chi connectivity index (χ1) is 10.9. The zero-order valence-corrected chi connectivity index (χ0v) is 14.2. The van der Waals surface area contributed by atoms with Crippen LogP contribution >= 0.6 is 0 Å². The number of hydrogen-bond donors (Lipinski definition) is 0. The molecule has 1 unspecified atom stereocenters. The number of benzene rings is 1. The van der Waals surface area contributed by atoms with Gasteiger partial charge < -0.3 is 14.4 Å². The number of rotatable bonds is 5. The zero-order valence-electron chi connectivity index (χ0n) is 14.2. The van der Waals surface area contributed by atoms with Gasteiger partial charge in [0, 0.05) is 18.5 Å². The van der Waals surface area contributed by atoms with Gasteiger partial charge in [-0.25, -0.2) is 4.79 Å². The summed E-state index contributed by atoms with van der Waals surface area (Å²) in [6, 6.07) is 6.89. The first-order valence-electron chi connectivity index (χ1n) is 8.16. The Morgan fingerprint density at radius 3 is 2.26 bits per heavy atom. The Labute approximate surface area is 137 Å². The summed E-state index contributed by atoms with van der Waals surface area (Å²) in [6.45, 7) is 8.46. The monoisotopic (exact) mass is 319 g/mol. The Morgan fingerprint density at radius 2 is 1.74 bits per heavy atom. The second-order valence-electron chi connectivity index (χ2n) is 6.29. The van der Waals surface area contributed by atoms with Crippen LogP contribution in [0.3, 0.4) is 0 Å². The van der Waals surface area contributed by atoms with Crippen molar-refractivity contribution in [2.24, 2.45) is 0 Å². The normalized spacial score (nSPS) is 17.6. The van der Waals surface area contributed by atoms with Crippen LogP contribution in [0.2, 0.25) is 0 Å². The van der Waals surface area contributed by atoms with Crippen LogP contribution in [0.5, 0.6) is 0 Å². The molecule has 0 spiro atoms. The summed E-state index contributed by atoms with van der Waals surface area (Å²) < 4.78 is 10.7. The van der Waals surface area contributed by atoms with Crippen molar-refractivity contribution in [3.8, 4) is 0 Å². The van der Waals surface area contributed by atoms with Gasteiger partial charge in [-0.05, 0) is 46.2 Å². The maximum atomic E-state index is 12.9. The minimum atomic E-state index is -0.506. The third-order valence-electron chi connectivity index (χ3n) is 3.85. The fourth-order valence-electron chi connectivity index (χ4n) is 2.88. The van der Waals surface area contributed by atoms with E-state index in [1.165, 1.54) is 0 Å². The van der Waals surface area contributed by atoms with Crippen LogP contribution < -0.4 is 0 Å². The van der Waals surface area contributed by atoms with Crippen molar-refractivity contribution in [2.45, 2.75) is 58.9 Å². The Hall–Kier alpha value is -1.88. The average Bonchev–Trinajstić information content (AvgIpc) is 2.99. The van der Waals surface area contributed by atoms with Crippen molar-refractivity contribution in [1.29, 1.82) is 0 Å². The molecule has 1 aromatic carbocycles. The van der Waals surface area contributed by atoms with E-state index >= 15 is 0 Å². The van der Waals surface area contributed by atoms with E-state index in [4.69, 9.17) is 9.47 Å². The molecule has 0 N–H and O–H groups in total. The summed E-state index contributed by atoms with van der Waals surface area (Å²) in [5.74, 6) is -0.664. The Morgan fingerprint density at radius 1 is 1.13 bits per heavy atom. The van der Waals surface area contributed by atoms with E-state index in [-0.39, 0.29) is 18.0 Å². The molecule has 1 heterocycles. The van der Waals surface area contributed by atoms with Crippen LogP contribution in [0.15, 0.2) is 24.3 Å². The molecule has 2 rings (SSSR count). The molecule has 0 radical (unpaired) electrons.